The number of amides is 2. The lowest BCUT2D eigenvalue weighted by molar-refractivity contribution is -0.131. The fraction of sp³-hybridized carbons (Fsp3) is 0.500. The average Bonchev–Trinajstić information content (AvgIpc) is 3.08. The van der Waals surface area contributed by atoms with Crippen LogP contribution < -0.4 is 5.32 Å². The van der Waals surface area contributed by atoms with Gasteiger partial charge in [-0.25, -0.2) is 4.79 Å². The van der Waals surface area contributed by atoms with Crippen molar-refractivity contribution in [3.05, 3.63) is 41.5 Å². The first-order chi connectivity index (χ1) is 13.2. The molecule has 1 aromatic rings. The zero-order chi connectivity index (χ0) is 20.7. The summed E-state index contributed by atoms with van der Waals surface area (Å²) in [5.74, 6) is -0.140. The molecule has 1 aromatic carbocycles. The van der Waals surface area contributed by atoms with Crippen LogP contribution >= 0.6 is 0 Å². The molecule has 1 heterocycles. The third-order valence-corrected chi connectivity index (χ3v) is 4.42. The van der Waals surface area contributed by atoms with Crippen LogP contribution in [0.3, 0.4) is 0 Å². The molecule has 0 spiro atoms. The molecule has 2 rings (SSSR count). The van der Waals surface area contributed by atoms with Crippen LogP contribution in [-0.4, -0.2) is 41.1 Å². The lowest BCUT2D eigenvalue weighted by atomic mass is 10.1. The zero-order valence-corrected chi connectivity index (χ0v) is 17.1. The van der Waals surface area contributed by atoms with Gasteiger partial charge in [0.2, 0.25) is 5.91 Å². The number of nitriles is 1. The molecule has 1 N–H and O–H groups in total. The number of aryl methyl sites for hydroxylation is 1. The fourth-order valence-corrected chi connectivity index (χ4v) is 3.04. The quantitative estimate of drug-likeness (QED) is 0.838. The number of likely N-dealkylation sites (tertiary alicyclic amines) is 1. The Hall–Kier alpha value is -2.81. The maximum Gasteiger partial charge on any atom is 0.408 e. The zero-order valence-electron chi connectivity index (χ0n) is 17.1. The monoisotopic (exact) mass is 383 g/mol. The van der Waals surface area contributed by atoms with Gasteiger partial charge in [0.25, 0.3) is 0 Å². The Balaban J connectivity index is 2.10. The van der Waals surface area contributed by atoms with Crippen LogP contribution in [0.25, 0.3) is 6.08 Å². The van der Waals surface area contributed by atoms with Gasteiger partial charge in [-0.05, 0) is 46.1 Å². The number of benzene rings is 1. The Morgan fingerprint density at radius 1 is 1.36 bits per heavy atom. The van der Waals surface area contributed by atoms with Crippen LogP contribution in [0.15, 0.2) is 30.3 Å². The van der Waals surface area contributed by atoms with E-state index in [1.807, 2.05) is 37.3 Å². The summed E-state index contributed by atoms with van der Waals surface area (Å²) in [4.78, 5) is 26.5. The van der Waals surface area contributed by atoms with Gasteiger partial charge in [-0.3, -0.25) is 4.79 Å². The first-order valence-corrected chi connectivity index (χ1v) is 9.61. The number of nitrogens with one attached hydrogen (secondary N) is 1. The molecule has 150 valence electrons. The van der Waals surface area contributed by atoms with Crippen molar-refractivity contribution in [2.24, 2.45) is 0 Å². The number of alkyl carbamates (subject to hydrolysis) is 1. The van der Waals surface area contributed by atoms with E-state index >= 15 is 0 Å². The van der Waals surface area contributed by atoms with Crippen LogP contribution in [0, 0.1) is 18.3 Å². The molecule has 0 bridgehead atoms. The van der Waals surface area contributed by atoms with Gasteiger partial charge in [0.1, 0.15) is 11.6 Å². The van der Waals surface area contributed by atoms with Crippen molar-refractivity contribution < 1.29 is 14.3 Å². The largest absolute Gasteiger partial charge is 0.444 e. The van der Waals surface area contributed by atoms with Gasteiger partial charge < -0.3 is 15.0 Å². The lowest BCUT2D eigenvalue weighted by Crippen LogP contribution is -2.43. The van der Waals surface area contributed by atoms with E-state index in [2.05, 4.69) is 11.4 Å². The predicted octanol–water partition coefficient (Wildman–Crippen LogP) is 3.81. The number of hydrogen-bond donors (Lipinski definition) is 1. The summed E-state index contributed by atoms with van der Waals surface area (Å²) < 4.78 is 5.32. The highest BCUT2D eigenvalue weighted by atomic mass is 16.6. The number of carbonyl (C=O) groups excluding carboxylic acids is 2. The molecule has 6 nitrogen and oxygen atoms in total. The van der Waals surface area contributed by atoms with E-state index < -0.39 is 17.7 Å². The number of nitrogens with zero attached hydrogens (tertiary/aromatic N) is 2. The van der Waals surface area contributed by atoms with Crippen molar-refractivity contribution in [1.29, 1.82) is 5.26 Å². The van der Waals surface area contributed by atoms with Crippen LogP contribution in [0.2, 0.25) is 0 Å². The van der Waals surface area contributed by atoms with Crippen molar-refractivity contribution >= 4 is 18.1 Å². The van der Waals surface area contributed by atoms with E-state index in [0.29, 0.717) is 13.0 Å². The summed E-state index contributed by atoms with van der Waals surface area (Å²) in [7, 11) is 0. The highest BCUT2D eigenvalue weighted by Crippen LogP contribution is 2.18. The van der Waals surface area contributed by atoms with Gasteiger partial charge in [-0.15, -0.1) is 0 Å². The Labute approximate surface area is 167 Å². The van der Waals surface area contributed by atoms with Crippen molar-refractivity contribution in [3.8, 4) is 6.07 Å². The van der Waals surface area contributed by atoms with Crippen molar-refractivity contribution in [2.75, 3.05) is 6.54 Å². The van der Waals surface area contributed by atoms with Gasteiger partial charge in [-0.1, -0.05) is 42.0 Å². The van der Waals surface area contributed by atoms with Gasteiger partial charge in [0.15, 0.2) is 0 Å². The minimum Gasteiger partial charge on any atom is -0.444 e. The predicted molar refractivity (Wildman–Crippen MR) is 108 cm³/mol. The molecule has 2 atom stereocenters. The third-order valence-electron chi connectivity index (χ3n) is 4.42. The molecule has 1 unspecified atom stereocenters. The van der Waals surface area contributed by atoms with Crippen LogP contribution in [0.4, 0.5) is 4.79 Å². The molecule has 6 heteroatoms. The minimum atomic E-state index is -0.625. The first-order valence-electron chi connectivity index (χ1n) is 9.61. The molecule has 0 radical (unpaired) electrons. The van der Waals surface area contributed by atoms with E-state index in [9.17, 15) is 14.9 Å². The van der Waals surface area contributed by atoms with Gasteiger partial charge in [0.05, 0.1) is 18.5 Å². The highest BCUT2D eigenvalue weighted by molar-refractivity contribution is 5.79. The maximum absolute atomic E-state index is 12.7. The lowest BCUT2D eigenvalue weighted by Gasteiger charge is -2.24. The molecule has 1 saturated heterocycles. The topological polar surface area (TPSA) is 82.4 Å². The van der Waals surface area contributed by atoms with Gasteiger partial charge >= 0.3 is 6.09 Å². The number of hydrogen-bond acceptors (Lipinski definition) is 4. The second kappa shape index (κ2) is 9.41. The average molecular weight is 383 g/mol. The minimum absolute atomic E-state index is 0.0831. The van der Waals surface area contributed by atoms with Crippen molar-refractivity contribution in [2.45, 2.75) is 64.6 Å². The molecular formula is C22H29N3O3. The summed E-state index contributed by atoms with van der Waals surface area (Å²) in [6.45, 7) is 7.96. The summed E-state index contributed by atoms with van der Waals surface area (Å²) in [6, 6.07) is 9.23. The van der Waals surface area contributed by atoms with Crippen LogP contribution in [0.1, 0.15) is 51.2 Å². The first kappa shape index (κ1) is 21.5. The normalized spacial score (nSPS) is 18.0. The van der Waals surface area contributed by atoms with E-state index in [1.165, 1.54) is 0 Å². The molecule has 0 saturated carbocycles. The van der Waals surface area contributed by atoms with Gasteiger partial charge in [0, 0.05) is 6.54 Å². The van der Waals surface area contributed by atoms with E-state index in [1.54, 1.807) is 31.7 Å². The Morgan fingerprint density at radius 2 is 2.04 bits per heavy atom. The summed E-state index contributed by atoms with van der Waals surface area (Å²) >= 11 is 0. The second-order valence-electron chi connectivity index (χ2n) is 8.10. The molecule has 0 aromatic heterocycles. The van der Waals surface area contributed by atoms with Crippen LogP contribution in [0.5, 0.6) is 0 Å². The van der Waals surface area contributed by atoms with Crippen molar-refractivity contribution in [1.82, 2.24) is 10.2 Å². The Morgan fingerprint density at radius 3 is 2.64 bits per heavy atom. The Bertz CT molecular complexity index is 757. The van der Waals surface area contributed by atoms with E-state index in [4.69, 9.17) is 4.74 Å². The second-order valence-corrected chi connectivity index (χ2v) is 8.10. The standard InChI is InChI=1S/C22H29N3O3/c1-16-7-9-17(10-8-16)11-12-18(24-21(27)28-22(2,3)4)14-20(26)25-13-5-6-19(25)15-23/h7-12,18-19H,5-6,13-14H2,1-4H3,(H,24,27)/t18?,19-/m0/s1. The summed E-state index contributed by atoms with van der Waals surface area (Å²) in [5, 5.41) is 12.0. The maximum atomic E-state index is 12.7. The van der Waals surface area contributed by atoms with Gasteiger partial charge in [-0.2, -0.15) is 5.26 Å². The van der Waals surface area contributed by atoms with E-state index in [-0.39, 0.29) is 18.4 Å². The van der Waals surface area contributed by atoms with Crippen LogP contribution in [-0.2, 0) is 9.53 Å². The Kier molecular flexibility index (Phi) is 7.22. The van der Waals surface area contributed by atoms with Crippen molar-refractivity contribution in [3.63, 3.8) is 0 Å². The molecule has 1 aliphatic heterocycles. The molecule has 1 fully saturated rings. The highest BCUT2D eigenvalue weighted by Gasteiger charge is 2.30. The molecule has 28 heavy (non-hydrogen) atoms. The number of ether oxygens (including phenoxy) is 1. The molecule has 0 aliphatic carbocycles. The molecule has 2 amide bonds. The summed E-state index contributed by atoms with van der Waals surface area (Å²) in [6.07, 6.45) is 4.71. The smallest absolute Gasteiger partial charge is 0.408 e. The fourth-order valence-electron chi connectivity index (χ4n) is 3.04. The summed E-state index contributed by atoms with van der Waals surface area (Å²) in [5.41, 5.74) is 1.51. The number of rotatable bonds is 5. The number of carbonyl (C=O) groups is 2. The van der Waals surface area contributed by atoms with E-state index in [0.717, 1.165) is 17.5 Å². The molecule has 1 aliphatic rings. The third kappa shape index (κ3) is 6.73. The molecular weight excluding hydrogens is 354 g/mol. The SMILES string of the molecule is Cc1ccc(C=CC(CC(=O)N2CCC[C@H]2C#N)NC(=O)OC(C)(C)C)cc1.